The molecule has 1 saturated heterocycles. The number of rotatable bonds is 4. The first kappa shape index (κ1) is 15.0. The number of benzene rings is 1. The molecule has 3 nitrogen and oxygen atoms in total. The number of hydrogen-bond donors (Lipinski definition) is 1. The van der Waals surface area contributed by atoms with Crippen LogP contribution >= 0.6 is 0 Å². The molecule has 0 atom stereocenters. The monoisotopic (exact) mass is 278 g/mol. The molecule has 0 radical (unpaired) electrons. The van der Waals surface area contributed by atoms with Crippen LogP contribution in [-0.4, -0.2) is 36.6 Å². The van der Waals surface area contributed by atoms with Crippen molar-refractivity contribution in [1.82, 2.24) is 4.90 Å². The summed E-state index contributed by atoms with van der Waals surface area (Å²) in [6.07, 6.45) is 0.380. The first-order valence-electron chi connectivity index (χ1n) is 7.31. The minimum absolute atomic E-state index is 0.0281. The number of carbonyl (C=O) groups is 1. The van der Waals surface area contributed by atoms with E-state index in [4.69, 9.17) is 0 Å². The number of halogens is 1. The van der Waals surface area contributed by atoms with Crippen molar-refractivity contribution in [3.63, 3.8) is 0 Å². The van der Waals surface area contributed by atoms with Gasteiger partial charge in [0.15, 0.2) is 0 Å². The number of piperidine rings is 1. The van der Waals surface area contributed by atoms with E-state index in [1.165, 1.54) is 5.56 Å². The van der Waals surface area contributed by atoms with Gasteiger partial charge in [0.05, 0.1) is 6.54 Å². The number of anilines is 1. The van der Waals surface area contributed by atoms with E-state index in [0.29, 0.717) is 38.4 Å². The number of carbonyl (C=O) groups excluding carboxylic acids is 1. The van der Waals surface area contributed by atoms with Gasteiger partial charge in [-0.25, -0.2) is 4.39 Å². The van der Waals surface area contributed by atoms with Gasteiger partial charge in [0.2, 0.25) is 5.91 Å². The van der Waals surface area contributed by atoms with Crippen LogP contribution in [0.1, 0.15) is 38.2 Å². The summed E-state index contributed by atoms with van der Waals surface area (Å²) < 4.78 is 13.0. The van der Waals surface area contributed by atoms with Gasteiger partial charge >= 0.3 is 0 Å². The second kappa shape index (κ2) is 6.84. The van der Waals surface area contributed by atoms with Gasteiger partial charge in [0.25, 0.3) is 0 Å². The second-order valence-electron chi connectivity index (χ2n) is 5.78. The fourth-order valence-electron chi connectivity index (χ4n) is 2.41. The Kier molecular flexibility index (Phi) is 5.12. The Morgan fingerprint density at radius 1 is 1.30 bits per heavy atom. The summed E-state index contributed by atoms with van der Waals surface area (Å²) in [5.74, 6) is 0.460. The molecular weight excluding hydrogens is 255 g/mol. The molecule has 0 spiro atoms. The van der Waals surface area contributed by atoms with Crippen molar-refractivity contribution in [2.75, 3.05) is 25.0 Å². The lowest BCUT2D eigenvalue weighted by molar-refractivity contribution is -0.117. The maximum absolute atomic E-state index is 13.0. The highest BCUT2D eigenvalue weighted by Crippen LogP contribution is 2.17. The smallest absolute Gasteiger partial charge is 0.238 e. The largest absolute Gasteiger partial charge is 0.325 e. The molecule has 0 aliphatic carbocycles. The molecule has 0 aromatic heterocycles. The van der Waals surface area contributed by atoms with Gasteiger partial charge in [0.1, 0.15) is 6.17 Å². The van der Waals surface area contributed by atoms with Gasteiger partial charge < -0.3 is 5.32 Å². The predicted octanol–water partition coefficient (Wildman–Crippen LogP) is 3.18. The van der Waals surface area contributed by atoms with Crippen LogP contribution in [0.25, 0.3) is 0 Å². The molecule has 1 aromatic rings. The zero-order valence-corrected chi connectivity index (χ0v) is 12.2. The highest BCUT2D eigenvalue weighted by Gasteiger charge is 2.20. The Bertz CT molecular complexity index is 436. The Morgan fingerprint density at radius 3 is 2.45 bits per heavy atom. The lowest BCUT2D eigenvalue weighted by Crippen LogP contribution is -2.39. The van der Waals surface area contributed by atoms with Crippen LogP contribution < -0.4 is 5.32 Å². The number of amides is 1. The second-order valence-corrected chi connectivity index (χ2v) is 5.78. The third kappa shape index (κ3) is 4.30. The fraction of sp³-hybridized carbons (Fsp3) is 0.562. The maximum Gasteiger partial charge on any atom is 0.238 e. The van der Waals surface area contributed by atoms with Crippen molar-refractivity contribution in [3.05, 3.63) is 29.8 Å². The van der Waals surface area contributed by atoms with E-state index in [1.807, 2.05) is 29.2 Å². The molecule has 4 heteroatoms. The predicted molar refractivity (Wildman–Crippen MR) is 79.7 cm³/mol. The third-order valence-electron chi connectivity index (χ3n) is 3.75. The van der Waals surface area contributed by atoms with E-state index in [-0.39, 0.29) is 5.91 Å². The molecule has 0 unspecified atom stereocenters. The number of alkyl halides is 1. The number of likely N-dealkylation sites (tertiary alicyclic amines) is 1. The summed E-state index contributed by atoms with van der Waals surface area (Å²) in [6, 6.07) is 7.94. The van der Waals surface area contributed by atoms with Crippen molar-refractivity contribution in [2.45, 2.75) is 38.8 Å². The molecule has 110 valence electrons. The van der Waals surface area contributed by atoms with Crippen LogP contribution in [0.4, 0.5) is 10.1 Å². The molecule has 1 N–H and O–H groups in total. The number of nitrogens with one attached hydrogen (secondary N) is 1. The van der Waals surface area contributed by atoms with Gasteiger partial charge in [-0.3, -0.25) is 9.69 Å². The minimum atomic E-state index is -0.696. The van der Waals surface area contributed by atoms with Gasteiger partial charge in [-0.2, -0.15) is 0 Å². The highest BCUT2D eigenvalue weighted by molar-refractivity contribution is 5.92. The van der Waals surface area contributed by atoms with Gasteiger partial charge in [-0.15, -0.1) is 0 Å². The number of hydrogen-bond acceptors (Lipinski definition) is 2. The Balaban J connectivity index is 1.82. The van der Waals surface area contributed by atoms with Crippen molar-refractivity contribution in [3.8, 4) is 0 Å². The first-order chi connectivity index (χ1) is 9.54. The third-order valence-corrected chi connectivity index (χ3v) is 3.75. The summed E-state index contributed by atoms with van der Waals surface area (Å²) >= 11 is 0. The molecule has 0 bridgehead atoms. The molecule has 1 aliphatic rings. The molecule has 1 heterocycles. The average molecular weight is 278 g/mol. The zero-order valence-electron chi connectivity index (χ0n) is 12.2. The summed E-state index contributed by atoms with van der Waals surface area (Å²) in [5, 5.41) is 2.89. The van der Waals surface area contributed by atoms with Gasteiger partial charge in [-0.1, -0.05) is 26.0 Å². The Labute approximate surface area is 120 Å². The Morgan fingerprint density at radius 2 is 1.90 bits per heavy atom. The molecule has 1 amide bonds. The van der Waals surface area contributed by atoms with E-state index in [9.17, 15) is 9.18 Å². The summed E-state index contributed by atoms with van der Waals surface area (Å²) in [5.41, 5.74) is 2.08. The van der Waals surface area contributed by atoms with Crippen LogP contribution in [0.5, 0.6) is 0 Å². The Hall–Kier alpha value is -1.42. The summed E-state index contributed by atoms with van der Waals surface area (Å²) in [7, 11) is 0. The molecule has 1 aromatic carbocycles. The lowest BCUT2D eigenvalue weighted by Gasteiger charge is -2.27. The molecule has 1 aliphatic heterocycles. The van der Waals surface area contributed by atoms with Crippen molar-refractivity contribution < 1.29 is 9.18 Å². The maximum atomic E-state index is 13.0. The van der Waals surface area contributed by atoms with Gasteiger partial charge in [-0.05, 0) is 36.5 Å². The molecule has 0 saturated carbocycles. The SMILES string of the molecule is CC(C)c1ccc(NC(=O)CN2CCC(F)CC2)cc1. The van der Waals surface area contributed by atoms with E-state index in [0.717, 1.165) is 5.69 Å². The minimum Gasteiger partial charge on any atom is -0.325 e. The van der Waals surface area contributed by atoms with Crippen LogP contribution in [-0.2, 0) is 4.79 Å². The van der Waals surface area contributed by atoms with E-state index in [2.05, 4.69) is 19.2 Å². The van der Waals surface area contributed by atoms with Crippen molar-refractivity contribution in [1.29, 1.82) is 0 Å². The first-order valence-corrected chi connectivity index (χ1v) is 7.31. The summed E-state index contributed by atoms with van der Waals surface area (Å²) in [4.78, 5) is 13.9. The van der Waals surface area contributed by atoms with E-state index < -0.39 is 6.17 Å². The van der Waals surface area contributed by atoms with Crippen LogP contribution in [0.15, 0.2) is 24.3 Å². The van der Waals surface area contributed by atoms with Crippen molar-refractivity contribution >= 4 is 11.6 Å². The van der Waals surface area contributed by atoms with Crippen molar-refractivity contribution in [2.24, 2.45) is 0 Å². The molecule has 1 fully saturated rings. The van der Waals surface area contributed by atoms with E-state index >= 15 is 0 Å². The van der Waals surface area contributed by atoms with Crippen LogP contribution in [0.3, 0.4) is 0 Å². The number of nitrogens with zero attached hydrogens (tertiary/aromatic N) is 1. The highest BCUT2D eigenvalue weighted by atomic mass is 19.1. The quantitative estimate of drug-likeness (QED) is 0.917. The van der Waals surface area contributed by atoms with E-state index in [1.54, 1.807) is 0 Å². The lowest BCUT2D eigenvalue weighted by atomic mass is 10.0. The summed E-state index contributed by atoms with van der Waals surface area (Å²) in [6.45, 7) is 5.96. The molecular formula is C16H23FN2O. The van der Waals surface area contributed by atoms with Gasteiger partial charge in [0, 0.05) is 18.8 Å². The van der Waals surface area contributed by atoms with Crippen LogP contribution in [0.2, 0.25) is 0 Å². The topological polar surface area (TPSA) is 32.3 Å². The standard InChI is InChI=1S/C16H23FN2O/c1-12(2)13-3-5-15(6-4-13)18-16(20)11-19-9-7-14(17)8-10-19/h3-6,12,14H,7-11H2,1-2H3,(H,18,20). The van der Waals surface area contributed by atoms with Crippen LogP contribution in [0, 0.1) is 0 Å². The average Bonchev–Trinajstić information content (AvgIpc) is 2.42. The zero-order chi connectivity index (χ0) is 14.5. The molecule has 20 heavy (non-hydrogen) atoms. The fourth-order valence-corrected chi connectivity index (χ4v) is 2.41. The normalized spacial score (nSPS) is 17.4. The molecule has 2 rings (SSSR count).